The van der Waals surface area contributed by atoms with Crippen molar-refractivity contribution >= 4 is 28.9 Å². The van der Waals surface area contributed by atoms with E-state index in [1.807, 2.05) is 0 Å². The zero-order chi connectivity index (χ0) is 17.3. The first-order valence-corrected chi connectivity index (χ1v) is 7.37. The Hall–Kier alpha value is -2.64. The summed E-state index contributed by atoms with van der Waals surface area (Å²) in [6.45, 7) is 0. The molecule has 3 rings (SSSR count). The highest BCUT2D eigenvalue weighted by molar-refractivity contribution is 6.36. The summed E-state index contributed by atoms with van der Waals surface area (Å²) in [4.78, 5) is 14.8. The number of halogens is 2. The van der Waals surface area contributed by atoms with Crippen LogP contribution in [0.25, 0.3) is 22.8 Å². The second-order valence-electron chi connectivity index (χ2n) is 4.69. The van der Waals surface area contributed by atoms with Gasteiger partial charge in [0.25, 0.3) is 5.89 Å². The first-order valence-electron chi connectivity index (χ1n) is 6.61. The zero-order valence-electron chi connectivity index (χ0n) is 12.2. The second-order valence-corrected chi connectivity index (χ2v) is 5.53. The van der Waals surface area contributed by atoms with Crippen molar-refractivity contribution in [3.63, 3.8) is 0 Å². The lowest BCUT2D eigenvalue weighted by molar-refractivity contribution is -0.385. The molecule has 0 unspecified atom stereocenters. The van der Waals surface area contributed by atoms with Gasteiger partial charge in [0.05, 0.1) is 17.1 Å². The van der Waals surface area contributed by atoms with Crippen molar-refractivity contribution in [2.24, 2.45) is 0 Å². The van der Waals surface area contributed by atoms with Gasteiger partial charge in [-0.15, -0.1) is 0 Å². The van der Waals surface area contributed by atoms with Gasteiger partial charge in [-0.1, -0.05) is 28.4 Å². The van der Waals surface area contributed by atoms with Crippen molar-refractivity contribution in [2.75, 3.05) is 7.11 Å². The van der Waals surface area contributed by atoms with E-state index in [4.69, 9.17) is 32.5 Å². The van der Waals surface area contributed by atoms with Crippen LogP contribution in [0, 0.1) is 10.1 Å². The number of methoxy groups -OCH3 is 1. The lowest BCUT2D eigenvalue weighted by atomic mass is 10.2. The molecule has 1 heterocycles. The molecule has 122 valence electrons. The third kappa shape index (κ3) is 3.04. The molecule has 0 aliphatic heterocycles. The summed E-state index contributed by atoms with van der Waals surface area (Å²) in [5.41, 5.74) is 0.740. The van der Waals surface area contributed by atoms with Crippen molar-refractivity contribution in [3.8, 4) is 28.6 Å². The number of aromatic nitrogens is 2. The molecule has 0 amide bonds. The van der Waals surface area contributed by atoms with Crippen LogP contribution in [0.4, 0.5) is 5.69 Å². The van der Waals surface area contributed by atoms with E-state index in [0.29, 0.717) is 21.2 Å². The van der Waals surface area contributed by atoms with Crippen LogP contribution in [-0.2, 0) is 0 Å². The first-order chi connectivity index (χ1) is 11.5. The number of benzene rings is 2. The standard InChI is InChI=1S/C15H9Cl2N3O4/c1-23-13-5-2-8(6-12(13)20(21)22)15-18-14(19-24-15)10-4-3-9(16)7-11(10)17/h2-7H,1H3. The van der Waals surface area contributed by atoms with Crippen LogP contribution >= 0.6 is 23.2 Å². The van der Waals surface area contributed by atoms with E-state index in [2.05, 4.69) is 10.1 Å². The number of hydrogen-bond donors (Lipinski definition) is 0. The molecule has 0 N–H and O–H groups in total. The average molecular weight is 366 g/mol. The van der Waals surface area contributed by atoms with Crippen LogP contribution in [-0.4, -0.2) is 22.2 Å². The van der Waals surface area contributed by atoms with Gasteiger partial charge in [-0.2, -0.15) is 4.98 Å². The highest BCUT2D eigenvalue weighted by Gasteiger charge is 2.19. The minimum Gasteiger partial charge on any atom is -0.490 e. The van der Waals surface area contributed by atoms with Gasteiger partial charge in [0.2, 0.25) is 5.82 Å². The van der Waals surface area contributed by atoms with Crippen molar-refractivity contribution in [1.29, 1.82) is 0 Å². The quantitative estimate of drug-likeness (QED) is 0.494. The van der Waals surface area contributed by atoms with Crippen LogP contribution in [0.15, 0.2) is 40.9 Å². The fraction of sp³-hybridized carbons (Fsp3) is 0.0667. The van der Waals surface area contributed by atoms with Crippen LogP contribution < -0.4 is 4.74 Å². The van der Waals surface area contributed by atoms with Gasteiger partial charge in [0.1, 0.15) is 0 Å². The maximum Gasteiger partial charge on any atom is 0.311 e. The van der Waals surface area contributed by atoms with Crippen LogP contribution in [0.2, 0.25) is 10.0 Å². The average Bonchev–Trinajstić information content (AvgIpc) is 3.03. The molecule has 0 spiro atoms. The summed E-state index contributed by atoms with van der Waals surface area (Å²) in [6.07, 6.45) is 0. The Labute approximate surface area is 145 Å². The van der Waals surface area contributed by atoms with Gasteiger partial charge in [0, 0.05) is 22.2 Å². The molecule has 24 heavy (non-hydrogen) atoms. The van der Waals surface area contributed by atoms with E-state index in [0.717, 1.165) is 0 Å². The van der Waals surface area contributed by atoms with E-state index in [9.17, 15) is 10.1 Å². The molecule has 0 saturated heterocycles. The summed E-state index contributed by atoms with van der Waals surface area (Å²) >= 11 is 12.0. The smallest absolute Gasteiger partial charge is 0.311 e. The molecule has 7 nitrogen and oxygen atoms in total. The summed E-state index contributed by atoms with van der Waals surface area (Å²) in [6, 6.07) is 9.23. The molecule has 9 heteroatoms. The molecule has 1 aromatic heterocycles. The molecule has 0 fully saturated rings. The molecular formula is C15H9Cl2N3O4. The van der Waals surface area contributed by atoms with Crippen LogP contribution in [0.1, 0.15) is 0 Å². The van der Waals surface area contributed by atoms with E-state index in [1.165, 1.54) is 19.2 Å². The Morgan fingerprint density at radius 1 is 1.21 bits per heavy atom. The molecular weight excluding hydrogens is 357 g/mol. The molecule has 0 bridgehead atoms. The van der Waals surface area contributed by atoms with Gasteiger partial charge in [-0.25, -0.2) is 0 Å². The van der Waals surface area contributed by atoms with E-state index < -0.39 is 4.92 Å². The fourth-order valence-corrected chi connectivity index (χ4v) is 2.58. The largest absolute Gasteiger partial charge is 0.490 e. The minimum atomic E-state index is -0.546. The highest BCUT2D eigenvalue weighted by atomic mass is 35.5. The number of rotatable bonds is 4. The molecule has 0 aliphatic rings. The summed E-state index contributed by atoms with van der Waals surface area (Å²) in [5.74, 6) is 0.524. The fourth-order valence-electron chi connectivity index (χ4n) is 2.09. The van der Waals surface area contributed by atoms with E-state index >= 15 is 0 Å². The normalized spacial score (nSPS) is 10.6. The highest BCUT2D eigenvalue weighted by Crippen LogP contribution is 2.33. The Morgan fingerprint density at radius 2 is 2.00 bits per heavy atom. The maximum absolute atomic E-state index is 11.1. The first kappa shape index (κ1) is 16.2. The monoisotopic (exact) mass is 365 g/mol. The van der Waals surface area contributed by atoms with Crippen LogP contribution in [0.5, 0.6) is 5.75 Å². The van der Waals surface area contributed by atoms with Crippen LogP contribution in [0.3, 0.4) is 0 Å². The lowest BCUT2D eigenvalue weighted by Gasteiger charge is -2.02. The Balaban J connectivity index is 2.02. The zero-order valence-corrected chi connectivity index (χ0v) is 13.7. The molecule has 2 aromatic carbocycles. The van der Waals surface area contributed by atoms with E-state index in [-0.39, 0.29) is 23.2 Å². The third-order valence-electron chi connectivity index (χ3n) is 3.22. The maximum atomic E-state index is 11.1. The number of nitro groups is 1. The van der Waals surface area contributed by atoms with Crippen molar-refractivity contribution in [3.05, 3.63) is 56.6 Å². The van der Waals surface area contributed by atoms with Gasteiger partial charge in [-0.3, -0.25) is 10.1 Å². The predicted octanol–water partition coefficient (Wildman–Crippen LogP) is 4.63. The second kappa shape index (κ2) is 6.46. The molecule has 0 aliphatic carbocycles. The Kier molecular flexibility index (Phi) is 4.37. The SMILES string of the molecule is COc1ccc(-c2nc(-c3ccc(Cl)cc3Cl)no2)cc1[N+](=O)[O-]. The summed E-state index contributed by atoms with van der Waals surface area (Å²) in [5, 5.41) is 15.8. The summed E-state index contributed by atoms with van der Waals surface area (Å²) < 4.78 is 10.1. The topological polar surface area (TPSA) is 91.3 Å². The number of nitrogens with zero attached hydrogens (tertiary/aromatic N) is 3. The molecule has 3 aromatic rings. The Bertz CT molecular complexity index is 927. The lowest BCUT2D eigenvalue weighted by Crippen LogP contribution is -1.94. The van der Waals surface area contributed by atoms with Crippen molar-refractivity contribution < 1.29 is 14.2 Å². The minimum absolute atomic E-state index is 0.127. The molecule has 0 saturated carbocycles. The van der Waals surface area contributed by atoms with Crippen molar-refractivity contribution in [2.45, 2.75) is 0 Å². The van der Waals surface area contributed by atoms with Gasteiger partial charge in [-0.05, 0) is 30.3 Å². The Morgan fingerprint density at radius 3 is 2.67 bits per heavy atom. The third-order valence-corrected chi connectivity index (χ3v) is 3.77. The van der Waals surface area contributed by atoms with Gasteiger partial charge >= 0.3 is 5.69 Å². The predicted molar refractivity (Wildman–Crippen MR) is 88.4 cm³/mol. The van der Waals surface area contributed by atoms with Gasteiger partial charge < -0.3 is 9.26 Å². The number of hydrogen-bond acceptors (Lipinski definition) is 6. The number of ether oxygens (including phenoxy) is 1. The summed E-state index contributed by atoms with van der Waals surface area (Å²) in [7, 11) is 1.36. The molecule has 0 atom stereocenters. The number of nitro benzene ring substituents is 1. The van der Waals surface area contributed by atoms with Gasteiger partial charge in [0.15, 0.2) is 5.75 Å². The van der Waals surface area contributed by atoms with E-state index in [1.54, 1.807) is 24.3 Å². The molecule has 0 radical (unpaired) electrons. The van der Waals surface area contributed by atoms with Crippen molar-refractivity contribution in [1.82, 2.24) is 10.1 Å².